The Kier molecular flexibility index (Phi) is 7.83. The maximum absolute atomic E-state index is 9.79. The molecule has 3 nitrogen and oxygen atoms in total. The first-order valence-corrected chi connectivity index (χ1v) is 21.5. The molecule has 11 aromatic rings. The van der Waals surface area contributed by atoms with Crippen molar-refractivity contribution in [2.75, 3.05) is 9.80 Å². The van der Waals surface area contributed by atoms with Gasteiger partial charge in [-0.25, -0.2) is 0 Å². The highest BCUT2D eigenvalue weighted by Gasteiger charge is 2.47. The molecule has 1 aliphatic carbocycles. The summed E-state index contributed by atoms with van der Waals surface area (Å²) in [7, 11) is 0. The number of para-hydroxylation sites is 5. The minimum atomic E-state index is -1.40. The van der Waals surface area contributed by atoms with Crippen LogP contribution in [0.1, 0.15) is 29.1 Å². The van der Waals surface area contributed by atoms with Gasteiger partial charge in [0.25, 0.3) is 0 Å². The number of hydrogen-bond acceptors (Lipinski definition) is 3. The zero-order chi connectivity index (χ0) is 46.8. The predicted molar refractivity (Wildman–Crippen MR) is 266 cm³/mol. The van der Waals surface area contributed by atoms with Gasteiger partial charge in [-0.2, -0.15) is 0 Å². The smallest absolute Gasteiger partial charge is 0.135 e. The fourth-order valence-electron chi connectivity index (χ4n) is 9.85. The van der Waals surface area contributed by atoms with Crippen LogP contribution in [-0.2, 0) is 5.41 Å². The SMILES string of the molecule is [2H]c1c([2H])c([2H])c(C2(c3ccc4oc5ccccc5c4c3)c3ccc(N(c4ccccc4)c4ccccc4)cc3-c3cc(N(c4ccccc4)c4ccccc4-c4ccccc4)ccc32)c([2H])c1[2H]. The average Bonchev–Trinajstić information content (AvgIpc) is 3.92. The zero-order valence-electron chi connectivity index (χ0n) is 39.7. The van der Waals surface area contributed by atoms with Gasteiger partial charge in [0.2, 0.25) is 0 Å². The molecule has 1 heterocycles. The highest BCUT2D eigenvalue weighted by Crippen LogP contribution is 2.59. The van der Waals surface area contributed by atoms with Crippen LogP contribution in [0.15, 0.2) is 259 Å². The number of furan rings is 1. The van der Waals surface area contributed by atoms with Gasteiger partial charge in [0, 0.05) is 44.8 Å². The second-order valence-electron chi connectivity index (χ2n) is 16.1. The molecule has 302 valence electrons. The Balaban J connectivity index is 1.21. The molecular formula is C61H42N2O. The number of rotatable bonds is 9. The minimum Gasteiger partial charge on any atom is -0.456 e. The molecule has 0 aliphatic heterocycles. The molecule has 0 spiro atoms. The van der Waals surface area contributed by atoms with Crippen molar-refractivity contribution in [3.8, 4) is 22.3 Å². The Bertz CT molecular complexity index is 3680. The van der Waals surface area contributed by atoms with Gasteiger partial charge >= 0.3 is 0 Å². The van der Waals surface area contributed by atoms with Crippen LogP contribution in [0.25, 0.3) is 44.2 Å². The van der Waals surface area contributed by atoms with E-state index in [-0.39, 0.29) is 17.6 Å². The maximum atomic E-state index is 9.79. The average molecular weight is 824 g/mol. The van der Waals surface area contributed by atoms with Crippen molar-refractivity contribution in [1.29, 1.82) is 0 Å². The molecule has 0 saturated heterocycles. The van der Waals surface area contributed by atoms with Crippen LogP contribution in [0.2, 0.25) is 0 Å². The molecule has 0 bridgehead atoms. The van der Waals surface area contributed by atoms with Gasteiger partial charge in [0.1, 0.15) is 11.2 Å². The number of fused-ring (bicyclic) bond motifs is 6. The summed E-state index contributed by atoms with van der Waals surface area (Å²) in [6.45, 7) is 0. The van der Waals surface area contributed by atoms with E-state index < -0.39 is 23.5 Å². The van der Waals surface area contributed by atoms with Crippen LogP contribution in [-0.4, -0.2) is 0 Å². The Morgan fingerprint density at radius 2 is 0.875 bits per heavy atom. The van der Waals surface area contributed by atoms with E-state index in [9.17, 15) is 2.74 Å². The van der Waals surface area contributed by atoms with Crippen LogP contribution < -0.4 is 9.80 Å². The molecule has 1 aromatic heterocycles. The molecule has 0 radical (unpaired) electrons. The molecule has 1 aliphatic rings. The molecule has 1 unspecified atom stereocenters. The van der Waals surface area contributed by atoms with E-state index in [1.165, 1.54) is 0 Å². The minimum absolute atomic E-state index is 0.179. The van der Waals surface area contributed by atoms with Crippen LogP contribution in [0.4, 0.5) is 34.1 Å². The standard InChI is InChI=1S/C61H42N2O/c1-6-20-43(21-7-1)51-30-16-18-32-58(51)63(48-28-14-5-15-29-48)50-36-38-57-54(42-50)53-41-49(62(46-24-10-3-11-25-46)47-26-12-4-13-27-47)35-37-56(53)61(57,44-22-8-2-9-23-44)45-34-39-60-55(40-45)52-31-17-19-33-59(52)64-60/h1-42H/i2D,8D,9D,22D,23D. The fourth-order valence-corrected chi connectivity index (χ4v) is 9.85. The summed E-state index contributed by atoms with van der Waals surface area (Å²) in [5.41, 5.74) is 12.1. The normalized spacial score (nSPS) is 15.1. The van der Waals surface area contributed by atoms with E-state index in [4.69, 9.17) is 8.53 Å². The third kappa shape index (κ3) is 6.05. The first kappa shape index (κ1) is 32.3. The van der Waals surface area contributed by atoms with E-state index in [1.807, 2.05) is 97.1 Å². The van der Waals surface area contributed by atoms with Crippen molar-refractivity contribution in [1.82, 2.24) is 0 Å². The molecule has 1 atom stereocenters. The van der Waals surface area contributed by atoms with Gasteiger partial charge in [-0.05, 0) is 124 Å². The summed E-state index contributed by atoms with van der Waals surface area (Å²) in [6.07, 6.45) is 0. The van der Waals surface area contributed by atoms with Gasteiger partial charge in [-0.3, -0.25) is 0 Å². The lowest BCUT2D eigenvalue weighted by molar-refractivity contribution is 0.668. The number of nitrogens with zero attached hydrogens (tertiary/aromatic N) is 2. The van der Waals surface area contributed by atoms with Crippen molar-refractivity contribution in [2.45, 2.75) is 5.41 Å². The molecule has 3 heteroatoms. The van der Waals surface area contributed by atoms with Gasteiger partial charge in [0.05, 0.1) is 18.0 Å². The van der Waals surface area contributed by atoms with Crippen LogP contribution >= 0.6 is 0 Å². The number of hydrogen-bond donors (Lipinski definition) is 0. The van der Waals surface area contributed by atoms with Gasteiger partial charge < -0.3 is 14.2 Å². The Hall–Kier alpha value is -8.40. The van der Waals surface area contributed by atoms with Crippen molar-refractivity contribution in [3.05, 3.63) is 277 Å². The number of anilines is 6. The second-order valence-corrected chi connectivity index (χ2v) is 16.1. The Morgan fingerprint density at radius 1 is 0.359 bits per heavy atom. The molecule has 0 amide bonds. The lowest BCUT2D eigenvalue weighted by Crippen LogP contribution is -2.28. The molecule has 0 fully saturated rings. The second kappa shape index (κ2) is 15.5. The van der Waals surface area contributed by atoms with Gasteiger partial charge in [-0.15, -0.1) is 0 Å². The summed E-state index contributed by atoms with van der Waals surface area (Å²) >= 11 is 0. The van der Waals surface area contributed by atoms with Gasteiger partial charge in [-0.1, -0.05) is 170 Å². The van der Waals surface area contributed by atoms with Gasteiger partial charge in [0.15, 0.2) is 0 Å². The fraction of sp³-hybridized carbons (Fsp3) is 0.0164. The summed E-state index contributed by atoms with van der Waals surface area (Å²) in [5, 5.41) is 1.79. The van der Waals surface area contributed by atoms with Crippen LogP contribution in [0.5, 0.6) is 0 Å². The topological polar surface area (TPSA) is 19.6 Å². The summed E-state index contributed by atoms with van der Waals surface area (Å²) < 4.78 is 53.0. The molecule has 12 rings (SSSR count). The van der Waals surface area contributed by atoms with Crippen molar-refractivity contribution in [3.63, 3.8) is 0 Å². The van der Waals surface area contributed by atoms with E-state index in [2.05, 4.69) is 137 Å². The Morgan fingerprint density at radius 3 is 1.52 bits per heavy atom. The van der Waals surface area contributed by atoms with E-state index in [0.717, 1.165) is 89.4 Å². The highest BCUT2D eigenvalue weighted by molar-refractivity contribution is 6.06. The third-order valence-corrected chi connectivity index (χ3v) is 12.6. The van der Waals surface area contributed by atoms with Crippen LogP contribution in [0, 0.1) is 0 Å². The summed E-state index contributed by atoms with van der Waals surface area (Å²) in [4.78, 5) is 4.50. The molecule has 10 aromatic carbocycles. The molecule has 0 N–H and O–H groups in total. The monoisotopic (exact) mass is 823 g/mol. The summed E-state index contributed by atoms with van der Waals surface area (Å²) in [6, 6.07) is 74.7. The lowest BCUT2D eigenvalue weighted by atomic mass is 9.67. The van der Waals surface area contributed by atoms with E-state index in [1.54, 1.807) is 0 Å². The molecule has 0 saturated carbocycles. The van der Waals surface area contributed by atoms with E-state index >= 15 is 0 Å². The quantitative estimate of drug-likeness (QED) is 0.145. The molecular weight excluding hydrogens is 777 g/mol. The highest BCUT2D eigenvalue weighted by atomic mass is 16.3. The van der Waals surface area contributed by atoms with Crippen molar-refractivity contribution < 1.29 is 11.3 Å². The number of benzene rings is 10. The van der Waals surface area contributed by atoms with E-state index in [0.29, 0.717) is 5.58 Å². The summed E-state index contributed by atoms with van der Waals surface area (Å²) in [5.74, 6) is 0. The molecule has 64 heavy (non-hydrogen) atoms. The Labute approximate surface area is 380 Å². The first-order chi connectivity index (χ1) is 33.8. The van der Waals surface area contributed by atoms with Crippen molar-refractivity contribution >= 4 is 56.1 Å². The maximum Gasteiger partial charge on any atom is 0.135 e. The van der Waals surface area contributed by atoms with Crippen LogP contribution in [0.3, 0.4) is 0 Å². The first-order valence-electron chi connectivity index (χ1n) is 24.0. The third-order valence-electron chi connectivity index (χ3n) is 12.6. The largest absolute Gasteiger partial charge is 0.456 e. The lowest BCUT2D eigenvalue weighted by Gasteiger charge is -2.34. The predicted octanol–water partition coefficient (Wildman–Crippen LogP) is 16.6. The van der Waals surface area contributed by atoms with Crippen molar-refractivity contribution in [2.24, 2.45) is 0 Å². The zero-order valence-corrected chi connectivity index (χ0v) is 34.7.